The summed E-state index contributed by atoms with van der Waals surface area (Å²) in [5.41, 5.74) is 5.48. The first-order chi connectivity index (χ1) is 9.83. The summed E-state index contributed by atoms with van der Waals surface area (Å²) < 4.78 is 19.2. The molecule has 1 saturated carbocycles. The fourth-order valence-electron chi connectivity index (χ4n) is 3.10. The minimum absolute atomic E-state index is 0.126. The van der Waals surface area contributed by atoms with Crippen molar-refractivity contribution in [2.24, 2.45) is 16.6 Å². The van der Waals surface area contributed by atoms with Crippen LogP contribution in [-0.4, -0.2) is 23.0 Å². The van der Waals surface area contributed by atoms with Gasteiger partial charge in [-0.05, 0) is 31.5 Å². The van der Waals surface area contributed by atoms with Crippen molar-refractivity contribution in [3.63, 3.8) is 0 Å². The molecule has 0 saturated heterocycles. The molecule has 7 heteroatoms. The molecular formula is C14H14BrFN2O2S. The van der Waals surface area contributed by atoms with Gasteiger partial charge < -0.3 is 10.5 Å². The Labute approximate surface area is 134 Å². The first-order valence-corrected chi connectivity index (χ1v) is 8.03. The Morgan fingerprint density at radius 1 is 1.62 bits per heavy atom. The molecule has 1 heterocycles. The summed E-state index contributed by atoms with van der Waals surface area (Å²) in [5, 5.41) is 0.288. The number of carbonyl (C=O) groups excluding carboxylic acids is 1. The number of ether oxygens (including phenoxy) is 1. The van der Waals surface area contributed by atoms with Gasteiger partial charge in [-0.15, -0.1) is 0 Å². The van der Waals surface area contributed by atoms with Crippen LogP contribution in [0.5, 0.6) is 0 Å². The standard InChI is InChI=1S/C14H14BrFN2O2S/c1-13(8-5-7(15)3-4-9(8)16)10-6-14(10,11(19)20-2)21-12(17)18-13/h3-5,10H,6H2,1-2H3,(H2,17,18)/t10-,13+,14-/m0/s1. The Hall–Kier alpha value is -1.08. The number of rotatable bonds is 2. The zero-order chi connectivity index (χ0) is 15.4. The summed E-state index contributed by atoms with van der Waals surface area (Å²) in [6.07, 6.45) is 0.580. The van der Waals surface area contributed by atoms with Gasteiger partial charge >= 0.3 is 5.97 Å². The van der Waals surface area contributed by atoms with Crippen LogP contribution < -0.4 is 5.73 Å². The first-order valence-electron chi connectivity index (χ1n) is 6.42. The molecule has 2 aliphatic rings. The number of benzene rings is 1. The smallest absolute Gasteiger partial charge is 0.322 e. The fourth-order valence-corrected chi connectivity index (χ4v) is 4.86. The number of nitrogens with zero attached hydrogens (tertiary/aromatic N) is 1. The maximum absolute atomic E-state index is 14.3. The van der Waals surface area contributed by atoms with Crippen LogP contribution in [0.25, 0.3) is 0 Å². The normalized spacial score (nSPS) is 33.9. The van der Waals surface area contributed by atoms with Gasteiger partial charge in [-0.3, -0.25) is 9.79 Å². The summed E-state index contributed by atoms with van der Waals surface area (Å²) in [6.45, 7) is 1.82. The quantitative estimate of drug-likeness (QED) is 0.810. The van der Waals surface area contributed by atoms with E-state index in [0.717, 1.165) is 4.47 Å². The zero-order valence-electron chi connectivity index (χ0n) is 11.5. The maximum atomic E-state index is 14.3. The Balaban J connectivity index is 2.11. The van der Waals surface area contributed by atoms with Gasteiger partial charge in [0.1, 0.15) is 10.6 Å². The molecule has 1 fully saturated rings. The predicted octanol–water partition coefficient (Wildman–Crippen LogP) is 2.80. The third-order valence-electron chi connectivity index (χ3n) is 4.22. The van der Waals surface area contributed by atoms with Gasteiger partial charge in [-0.25, -0.2) is 4.39 Å². The maximum Gasteiger partial charge on any atom is 0.322 e. The Morgan fingerprint density at radius 3 is 3.00 bits per heavy atom. The van der Waals surface area contributed by atoms with Gasteiger partial charge in [0.15, 0.2) is 5.17 Å². The molecule has 1 aromatic rings. The van der Waals surface area contributed by atoms with E-state index in [9.17, 15) is 9.18 Å². The van der Waals surface area contributed by atoms with Gasteiger partial charge in [0.05, 0.1) is 12.6 Å². The number of esters is 1. The monoisotopic (exact) mass is 372 g/mol. The van der Waals surface area contributed by atoms with Crippen LogP contribution in [0.4, 0.5) is 4.39 Å². The lowest BCUT2D eigenvalue weighted by Crippen LogP contribution is -2.39. The number of nitrogens with two attached hydrogens (primary N) is 1. The van der Waals surface area contributed by atoms with Crippen molar-refractivity contribution in [2.75, 3.05) is 7.11 Å². The van der Waals surface area contributed by atoms with Gasteiger partial charge in [0, 0.05) is 16.0 Å². The highest BCUT2D eigenvalue weighted by atomic mass is 79.9. The minimum Gasteiger partial charge on any atom is -0.468 e. The number of thioether (sulfide) groups is 1. The van der Waals surface area contributed by atoms with Gasteiger partial charge in [0.25, 0.3) is 0 Å². The topological polar surface area (TPSA) is 64.7 Å². The van der Waals surface area contributed by atoms with Crippen LogP contribution in [-0.2, 0) is 15.1 Å². The van der Waals surface area contributed by atoms with E-state index in [2.05, 4.69) is 20.9 Å². The number of halogens is 2. The molecular weight excluding hydrogens is 359 g/mol. The minimum atomic E-state index is -0.864. The molecule has 112 valence electrons. The second kappa shape index (κ2) is 4.71. The molecule has 21 heavy (non-hydrogen) atoms. The highest BCUT2D eigenvalue weighted by molar-refractivity contribution is 9.10. The van der Waals surface area contributed by atoms with E-state index >= 15 is 0 Å². The number of amidine groups is 1. The molecule has 0 bridgehead atoms. The van der Waals surface area contributed by atoms with Crippen molar-refractivity contribution in [1.29, 1.82) is 0 Å². The summed E-state index contributed by atoms with van der Waals surface area (Å²) in [7, 11) is 1.35. The Bertz CT molecular complexity index is 668. The molecule has 0 aromatic heterocycles. The molecule has 0 amide bonds. The third kappa shape index (κ3) is 2.09. The SMILES string of the molecule is COC(=O)[C@]12C[C@H]1[C@@](C)(c1cc(Br)ccc1F)N=C(N)S2. The fraction of sp³-hybridized carbons (Fsp3) is 0.429. The molecule has 1 aliphatic heterocycles. The van der Waals surface area contributed by atoms with Crippen molar-refractivity contribution in [3.8, 4) is 0 Å². The summed E-state index contributed by atoms with van der Waals surface area (Å²) in [4.78, 5) is 16.5. The summed E-state index contributed by atoms with van der Waals surface area (Å²) in [5.74, 6) is -0.801. The number of fused-ring (bicyclic) bond motifs is 1. The second-order valence-electron chi connectivity index (χ2n) is 5.46. The Morgan fingerprint density at radius 2 is 2.33 bits per heavy atom. The lowest BCUT2D eigenvalue weighted by Gasteiger charge is -2.33. The zero-order valence-corrected chi connectivity index (χ0v) is 13.9. The van der Waals surface area contributed by atoms with Crippen LogP contribution >= 0.6 is 27.7 Å². The average molecular weight is 373 g/mol. The van der Waals surface area contributed by atoms with Gasteiger partial charge in [-0.2, -0.15) is 0 Å². The molecule has 4 nitrogen and oxygen atoms in total. The highest BCUT2D eigenvalue weighted by Gasteiger charge is 2.71. The molecule has 0 radical (unpaired) electrons. The number of hydrogen-bond donors (Lipinski definition) is 1. The van der Waals surface area contributed by atoms with Crippen LogP contribution in [0.2, 0.25) is 0 Å². The van der Waals surface area contributed by atoms with Crippen molar-refractivity contribution in [2.45, 2.75) is 23.6 Å². The average Bonchev–Trinajstić information content (AvgIpc) is 3.17. The molecule has 1 aliphatic carbocycles. The molecule has 0 spiro atoms. The van der Waals surface area contributed by atoms with E-state index in [4.69, 9.17) is 10.5 Å². The molecule has 0 unspecified atom stereocenters. The van der Waals surface area contributed by atoms with Crippen molar-refractivity contribution < 1.29 is 13.9 Å². The largest absolute Gasteiger partial charge is 0.468 e. The van der Waals surface area contributed by atoms with Gasteiger partial charge in [-0.1, -0.05) is 27.7 Å². The van der Waals surface area contributed by atoms with Gasteiger partial charge in [0.2, 0.25) is 0 Å². The van der Waals surface area contributed by atoms with E-state index in [0.29, 0.717) is 12.0 Å². The van der Waals surface area contributed by atoms with E-state index in [1.165, 1.54) is 24.9 Å². The molecule has 3 rings (SSSR count). The van der Waals surface area contributed by atoms with E-state index in [1.807, 2.05) is 6.92 Å². The number of methoxy groups -OCH3 is 1. The first kappa shape index (κ1) is 14.8. The molecule has 3 atom stereocenters. The summed E-state index contributed by atoms with van der Waals surface area (Å²) >= 11 is 4.57. The predicted molar refractivity (Wildman–Crippen MR) is 83.5 cm³/mol. The van der Waals surface area contributed by atoms with Crippen LogP contribution in [0.3, 0.4) is 0 Å². The van der Waals surface area contributed by atoms with Crippen molar-refractivity contribution in [3.05, 3.63) is 34.1 Å². The van der Waals surface area contributed by atoms with Crippen molar-refractivity contribution in [1.82, 2.24) is 0 Å². The van der Waals surface area contributed by atoms with Crippen LogP contribution in [0.1, 0.15) is 18.9 Å². The number of carbonyl (C=O) groups is 1. The lowest BCUT2D eigenvalue weighted by atomic mass is 9.86. The van der Waals surface area contributed by atoms with E-state index in [1.54, 1.807) is 12.1 Å². The Kier molecular flexibility index (Phi) is 3.33. The van der Waals surface area contributed by atoms with E-state index < -0.39 is 10.3 Å². The van der Waals surface area contributed by atoms with E-state index in [-0.39, 0.29) is 22.9 Å². The third-order valence-corrected chi connectivity index (χ3v) is 6.00. The highest BCUT2D eigenvalue weighted by Crippen LogP contribution is 2.66. The van der Waals surface area contributed by atoms with Crippen molar-refractivity contribution >= 4 is 38.8 Å². The molecule has 1 aromatic carbocycles. The number of hydrogen-bond acceptors (Lipinski definition) is 5. The molecule has 2 N–H and O–H groups in total. The van der Waals surface area contributed by atoms with Crippen LogP contribution in [0, 0.1) is 11.7 Å². The number of aliphatic imine (C=N–C) groups is 1. The lowest BCUT2D eigenvalue weighted by molar-refractivity contribution is -0.141. The summed E-state index contributed by atoms with van der Waals surface area (Å²) in [6, 6.07) is 4.72. The van der Waals surface area contributed by atoms with Crippen LogP contribution in [0.15, 0.2) is 27.7 Å². The second-order valence-corrected chi connectivity index (χ2v) is 7.73.